The number of carbonyl (C=O) groups is 2. The molecule has 1 aromatic heterocycles. The van der Waals surface area contributed by atoms with Crippen LogP contribution in [-0.4, -0.2) is 22.0 Å². The third kappa shape index (κ3) is 4.30. The smallest absolute Gasteiger partial charge is 0.416 e. The Bertz CT molecular complexity index is 1020. The monoisotopic (exact) mass is 393 g/mol. The number of carbonyl (C=O) groups excluding carboxylic acids is 1. The van der Waals surface area contributed by atoms with Gasteiger partial charge in [-0.05, 0) is 29.8 Å². The first-order chi connectivity index (χ1) is 13.1. The molecule has 3 aromatic rings. The van der Waals surface area contributed by atoms with E-state index in [0.29, 0.717) is 16.7 Å². The summed E-state index contributed by atoms with van der Waals surface area (Å²) in [5.74, 6) is -1.71. The number of ether oxygens (including phenoxy) is 1. The molecule has 0 amide bonds. The van der Waals surface area contributed by atoms with Crippen LogP contribution in [0, 0.1) is 0 Å². The number of nitrogens with zero attached hydrogens (tertiary/aromatic N) is 1. The summed E-state index contributed by atoms with van der Waals surface area (Å²) in [6.07, 6.45) is -5.84. The molecule has 0 aliphatic heterocycles. The Morgan fingerprint density at radius 3 is 2.43 bits per heavy atom. The van der Waals surface area contributed by atoms with E-state index < -0.39 is 29.8 Å². The van der Waals surface area contributed by atoms with Crippen LogP contribution in [0.4, 0.5) is 13.2 Å². The van der Waals surface area contributed by atoms with E-state index in [-0.39, 0.29) is 17.9 Å². The molecule has 0 radical (unpaired) electrons. The van der Waals surface area contributed by atoms with E-state index in [4.69, 9.17) is 14.3 Å². The summed E-state index contributed by atoms with van der Waals surface area (Å²) in [7, 11) is 0. The van der Waals surface area contributed by atoms with Crippen LogP contribution >= 0.6 is 0 Å². The van der Waals surface area contributed by atoms with Gasteiger partial charge in [-0.1, -0.05) is 18.2 Å². The van der Waals surface area contributed by atoms with Gasteiger partial charge in [-0.15, -0.1) is 0 Å². The Kier molecular flexibility index (Phi) is 5.08. The molecule has 1 unspecified atom stereocenters. The maximum atomic E-state index is 12.8. The van der Waals surface area contributed by atoms with Crippen molar-refractivity contribution >= 4 is 23.0 Å². The van der Waals surface area contributed by atoms with Crippen LogP contribution in [0.25, 0.3) is 11.1 Å². The molecule has 0 spiro atoms. The molecule has 1 atom stereocenters. The van der Waals surface area contributed by atoms with Crippen LogP contribution in [0.1, 0.15) is 35.6 Å². The number of oxazole rings is 1. The van der Waals surface area contributed by atoms with Crippen molar-refractivity contribution in [2.24, 2.45) is 0 Å². The summed E-state index contributed by atoms with van der Waals surface area (Å²) in [6, 6.07) is 8.72. The Morgan fingerprint density at radius 1 is 1.18 bits per heavy atom. The zero-order valence-electron chi connectivity index (χ0n) is 14.5. The minimum absolute atomic E-state index is 0.0302. The number of carboxylic acid groups (broad SMARTS) is 1. The number of hydrogen-bond acceptors (Lipinski definition) is 5. The van der Waals surface area contributed by atoms with E-state index in [2.05, 4.69) is 4.98 Å². The standard InChI is InChI=1S/C19H14F3NO5/c1-10(24)27-17(12-3-5-13(6-4-12)19(20,21)22)18-23-14-8-11(9-16(25)26)2-7-15(14)28-18/h2-8,17H,9H2,1H3,(H,25,26). The summed E-state index contributed by atoms with van der Waals surface area (Å²) in [5, 5.41) is 8.88. The maximum absolute atomic E-state index is 12.8. The molecule has 0 bridgehead atoms. The molecule has 9 heteroatoms. The van der Waals surface area contributed by atoms with Crippen molar-refractivity contribution in [2.45, 2.75) is 25.6 Å². The highest BCUT2D eigenvalue weighted by atomic mass is 19.4. The van der Waals surface area contributed by atoms with Crippen LogP contribution < -0.4 is 0 Å². The fourth-order valence-corrected chi connectivity index (χ4v) is 2.66. The molecule has 0 aliphatic carbocycles. The first-order valence-corrected chi connectivity index (χ1v) is 8.09. The minimum Gasteiger partial charge on any atom is -0.481 e. The van der Waals surface area contributed by atoms with Gasteiger partial charge < -0.3 is 14.3 Å². The number of benzene rings is 2. The highest BCUT2D eigenvalue weighted by molar-refractivity contribution is 5.77. The summed E-state index contributed by atoms with van der Waals surface area (Å²) in [4.78, 5) is 26.5. The lowest BCUT2D eigenvalue weighted by Gasteiger charge is -2.15. The lowest BCUT2D eigenvalue weighted by Crippen LogP contribution is -2.11. The van der Waals surface area contributed by atoms with Gasteiger partial charge >= 0.3 is 18.1 Å². The van der Waals surface area contributed by atoms with Gasteiger partial charge in [0.1, 0.15) is 5.52 Å². The number of fused-ring (bicyclic) bond motifs is 1. The Balaban J connectivity index is 1.99. The molecule has 146 valence electrons. The summed E-state index contributed by atoms with van der Waals surface area (Å²) < 4.78 is 49.1. The summed E-state index contributed by atoms with van der Waals surface area (Å²) >= 11 is 0. The number of rotatable bonds is 5. The SMILES string of the molecule is CC(=O)OC(c1ccc(C(F)(F)F)cc1)c1nc2cc(CC(=O)O)ccc2o1. The predicted octanol–water partition coefficient (Wildman–Crippen LogP) is 4.13. The zero-order valence-corrected chi connectivity index (χ0v) is 14.5. The molecular weight excluding hydrogens is 379 g/mol. The van der Waals surface area contributed by atoms with Crippen LogP contribution in [-0.2, 0) is 26.9 Å². The second kappa shape index (κ2) is 7.34. The zero-order chi connectivity index (χ0) is 20.5. The van der Waals surface area contributed by atoms with E-state index in [1.54, 1.807) is 6.07 Å². The summed E-state index contributed by atoms with van der Waals surface area (Å²) in [5.41, 5.74) is 0.582. The van der Waals surface area contributed by atoms with Crippen molar-refractivity contribution in [3.8, 4) is 0 Å². The average molecular weight is 393 g/mol. The molecule has 0 fully saturated rings. The van der Waals surface area contributed by atoms with Crippen LogP contribution in [0.5, 0.6) is 0 Å². The van der Waals surface area contributed by atoms with Crippen molar-refractivity contribution < 1.29 is 37.0 Å². The van der Waals surface area contributed by atoms with Crippen LogP contribution in [0.15, 0.2) is 46.9 Å². The fraction of sp³-hybridized carbons (Fsp3) is 0.211. The van der Waals surface area contributed by atoms with Gasteiger partial charge in [0.25, 0.3) is 0 Å². The molecule has 0 saturated carbocycles. The fourth-order valence-electron chi connectivity index (χ4n) is 2.66. The molecule has 0 aliphatic rings. The van der Waals surface area contributed by atoms with Crippen molar-refractivity contribution in [2.75, 3.05) is 0 Å². The number of aromatic nitrogens is 1. The highest BCUT2D eigenvalue weighted by Crippen LogP contribution is 2.33. The average Bonchev–Trinajstić information content (AvgIpc) is 3.01. The van der Waals surface area contributed by atoms with Crippen molar-refractivity contribution in [1.29, 1.82) is 0 Å². The Morgan fingerprint density at radius 2 is 1.86 bits per heavy atom. The molecule has 28 heavy (non-hydrogen) atoms. The first-order valence-electron chi connectivity index (χ1n) is 8.09. The second-order valence-corrected chi connectivity index (χ2v) is 6.03. The number of alkyl halides is 3. The lowest BCUT2D eigenvalue weighted by molar-refractivity contribution is -0.146. The normalized spacial score (nSPS) is 12.7. The number of aliphatic carboxylic acids is 1. The van der Waals surface area contributed by atoms with Crippen molar-refractivity contribution in [3.63, 3.8) is 0 Å². The lowest BCUT2D eigenvalue weighted by atomic mass is 10.1. The van der Waals surface area contributed by atoms with Crippen LogP contribution in [0.3, 0.4) is 0 Å². The van der Waals surface area contributed by atoms with Gasteiger partial charge in [0.15, 0.2) is 5.58 Å². The number of hydrogen-bond donors (Lipinski definition) is 1. The highest BCUT2D eigenvalue weighted by Gasteiger charge is 2.31. The number of esters is 1. The van der Waals surface area contributed by atoms with Crippen molar-refractivity contribution in [3.05, 3.63) is 65.0 Å². The van der Waals surface area contributed by atoms with Crippen molar-refractivity contribution in [1.82, 2.24) is 4.98 Å². The molecular formula is C19H14F3NO5. The van der Waals surface area contributed by atoms with Gasteiger partial charge in [-0.3, -0.25) is 9.59 Å². The molecule has 3 rings (SSSR count). The largest absolute Gasteiger partial charge is 0.481 e. The van der Waals surface area contributed by atoms with E-state index in [1.807, 2.05) is 0 Å². The maximum Gasteiger partial charge on any atom is 0.416 e. The van der Waals surface area contributed by atoms with E-state index in [9.17, 15) is 22.8 Å². The topological polar surface area (TPSA) is 89.6 Å². The molecule has 1 N–H and O–H groups in total. The van der Waals surface area contributed by atoms with E-state index in [0.717, 1.165) is 19.1 Å². The van der Waals surface area contributed by atoms with Gasteiger partial charge in [0.05, 0.1) is 12.0 Å². The van der Waals surface area contributed by atoms with Gasteiger partial charge in [-0.25, -0.2) is 4.98 Å². The number of carboxylic acids is 1. The quantitative estimate of drug-likeness (QED) is 0.656. The first kappa shape index (κ1) is 19.4. The van der Waals surface area contributed by atoms with Crippen LogP contribution in [0.2, 0.25) is 0 Å². The third-order valence-electron chi connectivity index (χ3n) is 3.87. The minimum atomic E-state index is -4.49. The van der Waals surface area contributed by atoms with Gasteiger partial charge in [-0.2, -0.15) is 13.2 Å². The second-order valence-electron chi connectivity index (χ2n) is 6.03. The number of halogens is 3. The molecule has 2 aromatic carbocycles. The van der Waals surface area contributed by atoms with E-state index in [1.165, 1.54) is 24.3 Å². The van der Waals surface area contributed by atoms with Gasteiger partial charge in [0, 0.05) is 12.5 Å². The Labute approximate surface area is 156 Å². The third-order valence-corrected chi connectivity index (χ3v) is 3.87. The van der Waals surface area contributed by atoms with E-state index >= 15 is 0 Å². The molecule has 6 nitrogen and oxygen atoms in total. The molecule has 0 saturated heterocycles. The summed E-state index contributed by atoms with van der Waals surface area (Å²) in [6.45, 7) is 1.16. The Hall–Kier alpha value is -3.36. The predicted molar refractivity (Wildman–Crippen MR) is 90.4 cm³/mol. The van der Waals surface area contributed by atoms with Gasteiger partial charge in [0.2, 0.25) is 12.0 Å². The molecule has 1 heterocycles.